The lowest BCUT2D eigenvalue weighted by molar-refractivity contribution is -0.150. The molecule has 1 aliphatic rings. The van der Waals surface area contributed by atoms with Gasteiger partial charge in [0.15, 0.2) is 13.2 Å². The maximum absolute atomic E-state index is 13.1. The molecule has 0 spiro atoms. The standard InChI is InChI=1S/C32H31N3O10/c1-4-42-25-12-8-6-10-23(25)33-27(36)17-44-31(40)19(3)35-29(38)21-15-14-20(16-22(21)30(35)39)32(41)45-18-28(37)34-24-11-7-9-13-26(24)43-5-2/h6-16,19H,4-5,17-18H2,1-3H3,(H,33,36)(H,34,37)/t19-/m0/s1. The zero-order valence-electron chi connectivity index (χ0n) is 24.8. The molecule has 45 heavy (non-hydrogen) atoms. The number of ether oxygens (including phenoxy) is 4. The molecule has 4 amide bonds. The van der Waals surface area contributed by atoms with E-state index in [9.17, 15) is 28.8 Å². The van der Waals surface area contributed by atoms with Crippen LogP contribution in [0.4, 0.5) is 11.4 Å². The zero-order valence-corrected chi connectivity index (χ0v) is 24.8. The first-order chi connectivity index (χ1) is 21.6. The summed E-state index contributed by atoms with van der Waals surface area (Å²) in [6, 6.07) is 15.8. The van der Waals surface area contributed by atoms with Gasteiger partial charge in [0, 0.05) is 0 Å². The number of esters is 2. The molecule has 0 aromatic heterocycles. The zero-order chi connectivity index (χ0) is 32.5. The van der Waals surface area contributed by atoms with Crippen LogP contribution in [0.1, 0.15) is 51.8 Å². The largest absolute Gasteiger partial charge is 0.492 e. The predicted molar refractivity (Wildman–Crippen MR) is 160 cm³/mol. The Kier molecular flexibility index (Phi) is 10.5. The van der Waals surface area contributed by atoms with Crippen LogP contribution in [0.15, 0.2) is 66.7 Å². The fourth-order valence-electron chi connectivity index (χ4n) is 4.39. The van der Waals surface area contributed by atoms with Crippen molar-refractivity contribution in [2.24, 2.45) is 0 Å². The second-order valence-corrected chi connectivity index (χ2v) is 9.56. The maximum atomic E-state index is 13.1. The minimum Gasteiger partial charge on any atom is -0.492 e. The average Bonchev–Trinajstić information content (AvgIpc) is 3.28. The summed E-state index contributed by atoms with van der Waals surface area (Å²) in [5.74, 6) is -3.89. The van der Waals surface area contributed by atoms with Gasteiger partial charge < -0.3 is 29.6 Å². The molecule has 0 fully saturated rings. The number of rotatable bonds is 13. The Morgan fingerprint density at radius 2 is 1.22 bits per heavy atom. The lowest BCUT2D eigenvalue weighted by Crippen LogP contribution is -2.44. The van der Waals surface area contributed by atoms with Crippen LogP contribution in [0.3, 0.4) is 0 Å². The highest BCUT2D eigenvalue weighted by Crippen LogP contribution is 2.27. The Morgan fingerprint density at radius 3 is 1.78 bits per heavy atom. The average molecular weight is 618 g/mol. The lowest BCUT2D eigenvalue weighted by Gasteiger charge is -2.20. The minimum absolute atomic E-state index is 0.0354. The van der Waals surface area contributed by atoms with Crippen LogP contribution >= 0.6 is 0 Å². The van der Waals surface area contributed by atoms with E-state index < -0.39 is 54.8 Å². The third kappa shape index (κ3) is 7.63. The van der Waals surface area contributed by atoms with E-state index in [0.717, 1.165) is 6.07 Å². The monoisotopic (exact) mass is 617 g/mol. The molecule has 234 valence electrons. The van der Waals surface area contributed by atoms with Crippen molar-refractivity contribution in [3.8, 4) is 11.5 Å². The smallest absolute Gasteiger partial charge is 0.338 e. The van der Waals surface area contributed by atoms with Gasteiger partial charge in [0.1, 0.15) is 17.5 Å². The molecule has 1 heterocycles. The van der Waals surface area contributed by atoms with E-state index in [1.54, 1.807) is 62.4 Å². The second kappa shape index (κ2) is 14.6. The van der Waals surface area contributed by atoms with Gasteiger partial charge >= 0.3 is 11.9 Å². The van der Waals surface area contributed by atoms with Crippen molar-refractivity contribution in [2.75, 3.05) is 37.1 Å². The summed E-state index contributed by atoms with van der Waals surface area (Å²) in [5, 5.41) is 5.18. The Balaban J connectivity index is 1.33. The van der Waals surface area contributed by atoms with Crippen molar-refractivity contribution < 1.29 is 47.7 Å². The number of benzene rings is 3. The molecule has 0 saturated heterocycles. The summed E-state index contributed by atoms with van der Waals surface area (Å²) >= 11 is 0. The first kappa shape index (κ1) is 32.2. The lowest BCUT2D eigenvalue weighted by atomic mass is 10.1. The quantitative estimate of drug-likeness (QED) is 0.214. The Bertz CT molecular complexity index is 1640. The molecule has 0 bridgehead atoms. The number of carbonyl (C=O) groups excluding carboxylic acids is 6. The fourth-order valence-corrected chi connectivity index (χ4v) is 4.39. The van der Waals surface area contributed by atoms with E-state index in [1.807, 2.05) is 0 Å². The molecule has 13 nitrogen and oxygen atoms in total. The van der Waals surface area contributed by atoms with Crippen LogP contribution < -0.4 is 20.1 Å². The first-order valence-corrected chi connectivity index (χ1v) is 14.0. The van der Waals surface area contributed by atoms with Gasteiger partial charge in [0.2, 0.25) is 0 Å². The molecule has 3 aromatic carbocycles. The molecule has 13 heteroatoms. The third-order valence-electron chi connectivity index (χ3n) is 6.48. The van der Waals surface area contributed by atoms with Crippen LogP contribution in [0, 0.1) is 0 Å². The maximum Gasteiger partial charge on any atom is 0.338 e. The van der Waals surface area contributed by atoms with E-state index in [-0.39, 0.29) is 16.7 Å². The van der Waals surface area contributed by atoms with Crippen LogP contribution in [-0.4, -0.2) is 72.9 Å². The number of hydrogen-bond donors (Lipinski definition) is 2. The highest BCUT2D eigenvalue weighted by Gasteiger charge is 2.42. The van der Waals surface area contributed by atoms with Gasteiger partial charge in [-0.15, -0.1) is 0 Å². The molecule has 0 radical (unpaired) electrons. The van der Waals surface area contributed by atoms with Crippen molar-refractivity contribution in [1.82, 2.24) is 4.90 Å². The van der Waals surface area contributed by atoms with Crippen LogP contribution in [0.2, 0.25) is 0 Å². The van der Waals surface area contributed by atoms with E-state index in [2.05, 4.69) is 10.6 Å². The second-order valence-electron chi connectivity index (χ2n) is 9.56. The van der Waals surface area contributed by atoms with E-state index in [4.69, 9.17) is 18.9 Å². The van der Waals surface area contributed by atoms with Gasteiger partial charge in [-0.1, -0.05) is 24.3 Å². The van der Waals surface area contributed by atoms with E-state index in [0.29, 0.717) is 41.0 Å². The summed E-state index contributed by atoms with van der Waals surface area (Å²) in [5.41, 5.74) is 0.540. The van der Waals surface area contributed by atoms with Crippen molar-refractivity contribution >= 4 is 46.9 Å². The molecule has 4 rings (SSSR count). The van der Waals surface area contributed by atoms with Gasteiger partial charge in [-0.2, -0.15) is 0 Å². The van der Waals surface area contributed by atoms with E-state index in [1.165, 1.54) is 19.1 Å². The number of nitrogens with one attached hydrogen (secondary N) is 2. The molecule has 1 aliphatic heterocycles. The van der Waals surface area contributed by atoms with Crippen LogP contribution in [0.25, 0.3) is 0 Å². The van der Waals surface area contributed by atoms with Crippen molar-refractivity contribution in [3.63, 3.8) is 0 Å². The van der Waals surface area contributed by atoms with Crippen LogP contribution in [0.5, 0.6) is 11.5 Å². The number of para-hydroxylation sites is 4. The molecule has 0 unspecified atom stereocenters. The topological polar surface area (TPSA) is 167 Å². The van der Waals surface area contributed by atoms with Crippen molar-refractivity contribution in [1.29, 1.82) is 0 Å². The molecule has 0 aliphatic carbocycles. The summed E-state index contributed by atoms with van der Waals surface area (Å²) < 4.78 is 21.1. The summed E-state index contributed by atoms with van der Waals surface area (Å²) in [6.07, 6.45) is 0. The highest BCUT2D eigenvalue weighted by atomic mass is 16.5. The minimum atomic E-state index is -1.38. The van der Waals surface area contributed by atoms with Crippen molar-refractivity contribution in [2.45, 2.75) is 26.8 Å². The number of nitrogens with zero attached hydrogens (tertiary/aromatic N) is 1. The Morgan fingerprint density at radius 1 is 0.711 bits per heavy atom. The normalized spacial score (nSPS) is 12.6. The highest BCUT2D eigenvalue weighted by molar-refractivity contribution is 6.23. The summed E-state index contributed by atoms with van der Waals surface area (Å²) in [6.45, 7) is 4.35. The molecule has 0 saturated carbocycles. The SMILES string of the molecule is CCOc1ccccc1NC(=O)COC(=O)c1ccc2c(c1)C(=O)N([C@@H](C)C(=O)OCC(=O)Nc1ccccc1OCC)C2=O. The first-order valence-electron chi connectivity index (χ1n) is 14.0. The Labute approximate surface area is 258 Å². The molecule has 1 atom stereocenters. The number of amides is 4. The summed E-state index contributed by atoms with van der Waals surface area (Å²) in [7, 11) is 0. The molecular formula is C32H31N3O10. The van der Waals surface area contributed by atoms with Crippen LogP contribution in [-0.2, 0) is 23.9 Å². The molecule has 3 aromatic rings. The van der Waals surface area contributed by atoms with Gasteiger partial charge in [-0.05, 0) is 63.2 Å². The van der Waals surface area contributed by atoms with Gasteiger partial charge in [0.25, 0.3) is 23.6 Å². The number of fused-ring (bicyclic) bond motifs is 1. The van der Waals surface area contributed by atoms with Crippen molar-refractivity contribution in [3.05, 3.63) is 83.4 Å². The van der Waals surface area contributed by atoms with Gasteiger partial charge in [0.05, 0.1) is 41.3 Å². The summed E-state index contributed by atoms with van der Waals surface area (Å²) in [4.78, 5) is 77.0. The number of imide groups is 1. The van der Waals surface area contributed by atoms with Gasteiger partial charge in [-0.25, -0.2) is 9.59 Å². The van der Waals surface area contributed by atoms with Gasteiger partial charge in [-0.3, -0.25) is 24.1 Å². The predicted octanol–water partition coefficient (Wildman–Crippen LogP) is 3.45. The third-order valence-corrected chi connectivity index (χ3v) is 6.48. The number of anilines is 2. The fraction of sp³-hybridized carbons (Fsp3) is 0.250. The molecular weight excluding hydrogens is 586 g/mol. The number of carbonyl (C=O) groups is 6. The van der Waals surface area contributed by atoms with E-state index >= 15 is 0 Å². The molecule has 2 N–H and O–H groups in total. The number of hydrogen-bond acceptors (Lipinski definition) is 10. The Hall–Kier alpha value is -5.72.